The number of hydrogen-bond acceptors (Lipinski definition) is 6. The van der Waals surface area contributed by atoms with Gasteiger partial charge in [-0.05, 0) is 56.9 Å². The van der Waals surface area contributed by atoms with E-state index < -0.39 is 0 Å². The number of carbonyl (C=O) groups excluding carboxylic acids is 2. The summed E-state index contributed by atoms with van der Waals surface area (Å²) in [5, 5.41) is 3.31. The van der Waals surface area contributed by atoms with Crippen LogP contribution in [0.4, 0.5) is 0 Å². The number of hydrogen-bond donors (Lipinski definition) is 2. The van der Waals surface area contributed by atoms with Crippen molar-refractivity contribution in [3.8, 4) is 0 Å². The molecule has 0 saturated carbocycles. The summed E-state index contributed by atoms with van der Waals surface area (Å²) < 4.78 is 0. The van der Waals surface area contributed by atoms with E-state index in [0.29, 0.717) is 29.1 Å². The van der Waals surface area contributed by atoms with Crippen LogP contribution in [0.15, 0.2) is 29.1 Å². The van der Waals surface area contributed by atoms with Gasteiger partial charge in [-0.15, -0.1) is 23.1 Å². The number of thioether (sulfide) groups is 1. The first-order valence-electron chi connectivity index (χ1n) is 11.1. The van der Waals surface area contributed by atoms with Crippen LogP contribution in [-0.4, -0.2) is 45.0 Å². The van der Waals surface area contributed by atoms with Crippen LogP contribution in [0, 0.1) is 13.8 Å². The molecule has 1 aromatic carbocycles. The summed E-state index contributed by atoms with van der Waals surface area (Å²) in [5.41, 5.74) is 2.48. The number of aryl methyl sites for hydroxylation is 2. The lowest BCUT2D eigenvalue weighted by atomic mass is 10.1. The number of amides is 2. The molecule has 0 bridgehead atoms. The molecule has 1 unspecified atom stereocenters. The van der Waals surface area contributed by atoms with E-state index in [2.05, 4.69) is 15.3 Å². The molecule has 0 radical (unpaired) electrons. The average molecular weight is 485 g/mol. The van der Waals surface area contributed by atoms with Gasteiger partial charge in [0.25, 0.3) is 11.5 Å². The predicted molar refractivity (Wildman–Crippen MR) is 134 cm³/mol. The van der Waals surface area contributed by atoms with Crippen molar-refractivity contribution < 1.29 is 9.59 Å². The number of nitrogens with one attached hydrogen (secondary N) is 2. The summed E-state index contributed by atoms with van der Waals surface area (Å²) >= 11 is 2.95. The summed E-state index contributed by atoms with van der Waals surface area (Å²) in [6.45, 7) is 7.82. The monoisotopic (exact) mass is 484 g/mol. The molecule has 3 aromatic rings. The van der Waals surface area contributed by atoms with E-state index in [1.165, 1.54) is 23.1 Å². The topological polar surface area (TPSA) is 95.2 Å². The standard InChI is InChI=1S/C24H28N4O3S2/c1-14-15(2)33-23-20(14)22(30)26-19(27-23)13-32-16(3)21(29)25-12-17-6-8-18(9-7-17)24(31)28-10-4-5-11-28/h6-9,16H,4-5,10-13H2,1-3H3,(H,25,29)(H,26,27,30). The maximum absolute atomic E-state index is 12.5. The van der Waals surface area contributed by atoms with E-state index in [1.807, 2.05) is 49.9 Å². The Balaban J connectivity index is 1.29. The number of carbonyl (C=O) groups is 2. The zero-order chi connectivity index (χ0) is 23.5. The van der Waals surface area contributed by atoms with E-state index in [1.54, 1.807) is 0 Å². The number of H-pyrrole nitrogens is 1. The third kappa shape index (κ3) is 5.30. The smallest absolute Gasteiger partial charge is 0.259 e. The zero-order valence-electron chi connectivity index (χ0n) is 19.1. The summed E-state index contributed by atoms with van der Waals surface area (Å²) in [7, 11) is 0. The molecule has 2 aromatic heterocycles. The number of thiophene rings is 1. The van der Waals surface area contributed by atoms with Crippen molar-refractivity contribution in [3.05, 3.63) is 62.0 Å². The SMILES string of the molecule is Cc1sc2nc(CSC(C)C(=O)NCc3ccc(C(=O)N4CCCC4)cc3)[nH]c(=O)c2c1C. The Bertz CT molecular complexity index is 1230. The molecule has 0 aliphatic carbocycles. The van der Waals surface area contributed by atoms with E-state index >= 15 is 0 Å². The van der Waals surface area contributed by atoms with Crippen molar-refractivity contribution in [1.29, 1.82) is 0 Å². The molecule has 9 heteroatoms. The minimum absolute atomic E-state index is 0.0748. The second-order valence-corrected chi connectivity index (χ2v) is 10.9. The third-order valence-electron chi connectivity index (χ3n) is 5.99. The minimum atomic E-state index is -0.297. The van der Waals surface area contributed by atoms with Gasteiger partial charge < -0.3 is 15.2 Å². The molecule has 174 valence electrons. The van der Waals surface area contributed by atoms with Crippen LogP contribution in [0.1, 0.15) is 52.0 Å². The second kappa shape index (κ2) is 10.1. The first-order chi connectivity index (χ1) is 15.8. The number of rotatable bonds is 7. The van der Waals surface area contributed by atoms with Gasteiger partial charge in [-0.25, -0.2) is 4.98 Å². The Morgan fingerprint density at radius 1 is 1.21 bits per heavy atom. The molecule has 2 N–H and O–H groups in total. The molecule has 1 saturated heterocycles. The number of aromatic nitrogens is 2. The first-order valence-corrected chi connectivity index (χ1v) is 13.0. The Kier molecular flexibility index (Phi) is 7.19. The van der Waals surface area contributed by atoms with E-state index in [-0.39, 0.29) is 22.6 Å². The summed E-state index contributed by atoms with van der Waals surface area (Å²) in [6, 6.07) is 7.42. The number of benzene rings is 1. The molecule has 1 aliphatic rings. The number of aromatic amines is 1. The quantitative estimate of drug-likeness (QED) is 0.532. The van der Waals surface area contributed by atoms with Crippen molar-refractivity contribution in [1.82, 2.24) is 20.2 Å². The zero-order valence-corrected chi connectivity index (χ0v) is 20.7. The van der Waals surface area contributed by atoms with Gasteiger partial charge in [-0.1, -0.05) is 12.1 Å². The highest BCUT2D eigenvalue weighted by Crippen LogP contribution is 2.26. The molecule has 1 fully saturated rings. The molecule has 7 nitrogen and oxygen atoms in total. The van der Waals surface area contributed by atoms with Gasteiger partial charge in [0, 0.05) is 30.1 Å². The Hall–Kier alpha value is -2.65. The number of likely N-dealkylation sites (tertiary alicyclic amines) is 1. The van der Waals surface area contributed by atoms with Crippen LogP contribution >= 0.6 is 23.1 Å². The maximum Gasteiger partial charge on any atom is 0.259 e. The van der Waals surface area contributed by atoms with Crippen LogP contribution in [0.25, 0.3) is 10.2 Å². The lowest BCUT2D eigenvalue weighted by Crippen LogP contribution is -2.30. The lowest BCUT2D eigenvalue weighted by Gasteiger charge is -2.15. The minimum Gasteiger partial charge on any atom is -0.351 e. The van der Waals surface area contributed by atoms with E-state index in [9.17, 15) is 14.4 Å². The van der Waals surface area contributed by atoms with Crippen molar-refractivity contribution in [3.63, 3.8) is 0 Å². The van der Waals surface area contributed by atoms with Crippen LogP contribution < -0.4 is 10.9 Å². The van der Waals surface area contributed by atoms with Gasteiger partial charge in [-0.3, -0.25) is 14.4 Å². The number of fused-ring (bicyclic) bond motifs is 1. The van der Waals surface area contributed by atoms with Gasteiger partial charge in [0.2, 0.25) is 5.91 Å². The Morgan fingerprint density at radius 3 is 2.61 bits per heavy atom. The van der Waals surface area contributed by atoms with E-state index in [4.69, 9.17) is 0 Å². The highest BCUT2D eigenvalue weighted by Gasteiger charge is 2.19. The largest absolute Gasteiger partial charge is 0.351 e. The molecule has 4 rings (SSSR count). The number of nitrogens with zero attached hydrogens (tertiary/aromatic N) is 2. The molecule has 3 heterocycles. The molecular weight excluding hydrogens is 456 g/mol. The van der Waals surface area contributed by atoms with Crippen molar-refractivity contribution in [2.75, 3.05) is 13.1 Å². The molecular formula is C24H28N4O3S2. The van der Waals surface area contributed by atoms with Crippen molar-refractivity contribution in [2.24, 2.45) is 0 Å². The summed E-state index contributed by atoms with van der Waals surface area (Å²) in [4.78, 5) is 48.5. The van der Waals surface area contributed by atoms with Gasteiger partial charge in [-0.2, -0.15) is 0 Å². The van der Waals surface area contributed by atoms with Gasteiger partial charge in [0.1, 0.15) is 10.7 Å². The van der Waals surface area contributed by atoms with E-state index in [0.717, 1.165) is 46.8 Å². The molecule has 2 amide bonds. The molecule has 33 heavy (non-hydrogen) atoms. The van der Waals surface area contributed by atoms with Crippen LogP contribution in [0.3, 0.4) is 0 Å². The molecule has 0 spiro atoms. The normalized spacial score (nSPS) is 14.6. The van der Waals surface area contributed by atoms with Gasteiger partial charge >= 0.3 is 0 Å². The molecule has 1 aliphatic heterocycles. The summed E-state index contributed by atoms with van der Waals surface area (Å²) in [5.74, 6) is 1.02. The second-order valence-electron chi connectivity index (χ2n) is 8.34. The van der Waals surface area contributed by atoms with Crippen LogP contribution in [0.2, 0.25) is 0 Å². The highest BCUT2D eigenvalue weighted by molar-refractivity contribution is 7.99. The summed E-state index contributed by atoms with van der Waals surface area (Å²) in [6.07, 6.45) is 2.14. The van der Waals surface area contributed by atoms with Crippen molar-refractivity contribution >= 4 is 45.1 Å². The van der Waals surface area contributed by atoms with Gasteiger partial charge in [0.05, 0.1) is 16.4 Å². The first kappa shape index (κ1) is 23.5. The average Bonchev–Trinajstić information content (AvgIpc) is 3.44. The predicted octanol–water partition coefficient (Wildman–Crippen LogP) is 3.78. The maximum atomic E-state index is 12.5. The Labute approximate surface area is 201 Å². The fraction of sp³-hybridized carbons (Fsp3) is 0.417. The van der Waals surface area contributed by atoms with Gasteiger partial charge in [0.15, 0.2) is 0 Å². The van der Waals surface area contributed by atoms with Crippen LogP contribution in [0.5, 0.6) is 0 Å². The lowest BCUT2D eigenvalue weighted by molar-refractivity contribution is -0.120. The fourth-order valence-corrected chi connectivity index (χ4v) is 5.68. The third-order valence-corrected chi connectivity index (χ3v) is 8.24. The molecule has 1 atom stereocenters. The van der Waals surface area contributed by atoms with Crippen molar-refractivity contribution in [2.45, 2.75) is 51.2 Å². The highest BCUT2D eigenvalue weighted by atomic mass is 32.2. The Morgan fingerprint density at radius 2 is 1.91 bits per heavy atom. The fourth-order valence-electron chi connectivity index (χ4n) is 3.85. The van der Waals surface area contributed by atoms with Crippen LogP contribution in [-0.2, 0) is 17.1 Å².